The van der Waals surface area contributed by atoms with Crippen LogP contribution in [0.2, 0.25) is 0 Å². The van der Waals surface area contributed by atoms with E-state index in [-0.39, 0.29) is 29.8 Å². The molecule has 0 amide bonds. The van der Waals surface area contributed by atoms with Crippen LogP contribution >= 0.6 is 24.0 Å². The van der Waals surface area contributed by atoms with Gasteiger partial charge in [-0.25, -0.2) is 9.38 Å². The summed E-state index contributed by atoms with van der Waals surface area (Å²) in [5.74, 6) is 0.249. The van der Waals surface area contributed by atoms with E-state index < -0.39 is 0 Å². The van der Waals surface area contributed by atoms with Crippen molar-refractivity contribution in [2.45, 2.75) is 26.4 Å². The lowest BCUT2D eigenvalue weighted by Crippen LogP contribution is -2.32. The fraction of sp³-hybridized carbons (Fsp3) is 0.500. The molecule has 0 saturated carbocycles. The number of rotatable bonds is 6. The largest absolute Gasteiger partial charge is 0.370 e. The highest BCUT2D eigenvalue weighted by Crippen LogP contribution is 2.13. The third-order valence-electron chi connectivity index (χ3n) is 2.58. The van der Waals surface area contributed by atoms with E-state index in [0.717, 1.165) is 18.5 Å². The number of guanidine groups is 1. The van der Waals surface area contributed by atoms with Gasteiger partial charge in [-0.2, -0.15) is 0 Å². The molecule has 1 aromatic carbocycles. The molecule has 0 heterocycles. The molecule has 1 rings (SSSR count). The van der Waals surface area contributed by atoms with Gasteiger partial charge in [0.25, 0.3) is 0 Å². The first kappa shape index (κ1) is 19.1. The average Bonchev–Trinajstić information content (AvgIpc) is 2.36. The molecule has 0 aliphatic rings. The summed E-state index contributed by atoms with van der Waals surface area (Å²) in [5.41, 5.74) is 7.35. The maximum Gasteiger partial charge on any atom is 0.188 e. The molecular weight excluding hydrogens is 370 g/mol. The predicted octanol–water partition coefficient (Wildman–Crippen LogP) is 2.32. The lowest BCUT2D eigenvalue weighted by molar-refractivity contribution is 0.392. The van der Waals surface area contributed by atoms with Crippen LogP contribution in [0.5, 0.6) is 0 Å². The second-order valence-corrected chi connectivity index (χ2v) is 4.79. The molecule has 114 valence electrons. The van der Waals surface area contributed by atoms with Gasteiger partial charge in [0.2, 0.25) is 0 Å². The summed E-state index contributed by atoms with van der Waals surface area (Å²) in [6, 6.07) is 5.07. The summed E-state index contributed by atoms with van der Waals surface area (Å²) >= 11 is 0. The van der Waals surface area contributed by atoms with Crippen LogP contribution in [-0.4, -0.2) is 31.5 Å². The first-order chi connectivity index (χ1) is 9.02. The van der Waals surface area contributed by atoms with Crippen LogP contribution in [0.1, 0.15) is 24.5 Å². The number of nitrogens with zero attached hydrogens (tertiary/aromatic N) is 2. The van der Waals surface area contributed by atoms with E-state index in [4.69, 9.17) is 5.73 Å². The average molecular weight is 394 g/mol. The van der Waals surface area contributed by atoms with Gasteiger partial charge in [0.05, 0.1) is 6.54 Å². The number of hydrogen-bond acceptors (Lipinski definition) is 2. The highest BCUT2D eigenvalue weighted by molar-refractivity contribution is 14.0. The van der Waals surface area contributed by atoms with Crippen molar-refractivity contribution in [2.24, 2.45) is 10.7 Å². The van der Waals surface area contributed by atoms with Crippen LogP contribution in [0.3, 0.4) is 0 Å². The van der Waals surface area contributed by atoms with E-state index in [9.17, 15) is 4.39 Å². The van der Waals surface area contributed by atoms with E-state index >= 15 is 0 Å². The van der Waals surface area contributed by atoms with Gasteiger partial charge < -0.3 is 16.0 Å². The molecule has 0 saturated heterocycles. The van der Waals surface area contributed by atoms with Crippen molar-refractivity contribution < 1.29 is 4.39 Å². The Kier molecular flexibility index (Phi) is 9.49. The molecule has 0 radical (unpaired) electrons. The van der Waals surface area contributed by atoms with E-state index in [1.165, 1.54) is 6.07 Å². The number of hydrogen-bond donors (Lipinski definition) is 2. The zero-order valence-corrected chi connectivity index (χ0v) is 14.6. The molecular formula is C14H24FIN4. The van der Waals surface area contributed by atoms with Crippen LogP contribution in [0, 0.1) is 5.82 Å². The monoisotopic (exact) mass is 394 g/mol. The van der Waals surface area contributed by atoms with Gasteiger partial charge in [-0.1, -0.05) is 13.0 Å². The third-order valence-corrected chi connectivity index (χ3v) is 2.58. The molecule has 0 unspecified atom stereocenters. The van der Waals surface area contributed by atoms with Crippen molar-refractivity contribution in [2.75, 3.05) is 20.6 Å². The Morgan fingerprint density at radius 1 is 1.40 bits per heavy atom. The zero-order valence-electron chi connectivity index (χ0n) is 12.3. The summed E-state index contributed by atoms with van der Waals surface area (Å²) in [4.78, 5) is 6.16. The Balaban J connectivity index is 0.00000361. The molecule has 4 nitrogen and oxygen atoms in total. The molecule has 0 aliphatic carbocycles. The standard InChI is InChI=1S/C14H23FN4.HI/c1-4-7-17-14(16)18-9-11-5-6-13(15)12(8-11)10-19(2)3;/h5-6,8H,4,7,9-10H2,1-3H3,(H3,16,17,18);1H. The maximum absolute atomic E-state index is 13.6. The molecule has 1 aromatic rings. The molecule has 0 aliphatic heterocycles. The second kappa shape index (κ2) is 9.93. The van der Waals surface area contributed by atoms with Crippen molar-refractivity contribution in [3.63, 3.8) is 0 Å². The fourth-order valence-corrected chi connectivity index (χ4v) is 1.67. The van der Waals surface area contributed by atoms with Gasteiger partial charge in [-0.3, -0.25) is 0 Å². The number of nitrogens with one attached hydrogen (secondary N) is 1. The minimum Gasteiger partial charge on any atom is -0.370 e. The van der Waals surface area contributed by atoms with Gasteiger partial charge in [-0.05, 0) is 38.2 Å². The molecule has 6 heteroatoms. The lowest BCUT2D eigenvalue weighted by atomic mass is 10.1. The van der Waals surface area contributed by atoms with E-state index in [0.29, 0.717) is 24.6 Å². The van der Waals surface area contributed by atoms with Gasteiger partial charge in [-0.15, -0.1) is 24.0 Å². The normalized spacial score (nSPS) is 11.3. The topological polar surface area (TPSA) is 53.6 Å². The van der Waals surface area contributed by atoms with Crippen LogP contribution in [-0.2, 0) is 13.1 Å². The van der Waals surface area contributed by atoms with Crippen molar-refractivity contribution in [3.05, 3.63) is 35.1 Å². The Bertz CT molecular complexity index is 435. The number of benzene rings is 1. The Morgan fingerprint density at radius 2 is 2.10 bits per heavy atom. The summed E-state index contributed by atoms with van der Waals surface area (Å²) in [5, 5.41) is 3.01. The van der Waals surface area contributed by atoms with Crippen LogP contribution in [0.25, 0.3) is 0 Å². The molecule has 0 aromatic heterocycles. The smallest absolute Gasteiger partial charge is 0.188 e. The van der Waals surface area contributed by atoms with E-state index in [1.54, 1.807) is 6.07 Å². The van der Waals surface area contributed by atoms with Gasteiger partial charge in [0, 0.05) is 18.7 Å². The first-order valence-electron chi connectivity index (χ1n) is 6.48. The zero-order chi connectivity index (χ0) is 14.3. The second-order valence-electron chi connectivity index (χ2n) is 4.79. The Hall–Kier alpha value is -0.890. The summed E-state index contributed by atoms with van der Waals surface area (Å²) in [6.45, 7) is 3.91. The lowest BCUT2D eigenvalue weighted by Gasteiger charge is -2.11. The predicted molar refractivity (Wildman–Crippen MR) is 92.8 cm³/mol. The SMILES string of the molecule is CCCNC(N)=NCc1ccc(F)c(CN(C)C)c1.I. The molecule has 20 heavy (non-hydrogen) atoms. The minimum atomic E-state index is -0.182. The van der Waals surface area contributed by atoms with Crippen LogP contribution < -0.4 is 11.1 Å². The number of halogens is 2. The van der Waals surface area contributed by atoms with E-state index in [1.807, 2.05) is 25.1 Å². The number of nitrogens with two attached hydrogens (primary N) is 1. The van der Waals surface area contributed by atoms with Gasteiger partial charge in [0.15, 0.2) is 5.96 Å². The van der Waals surface area contributed by atoms with Crippen molar-refractivity contribution >= 4 is 29.9 Å². The summed E-state index contributed by atoms with van der Waals surface area (Å²) in [6.07, 6.45) is 1.000. The Morgan fingerprint density at radius 3 is 2.70 bits per heavy atom. The van der Waals surface area contributed by atoms with Crippen LogP contribution in [0.4, 0.5) is 4.39 Å². The third kappa shape index (κ3) is 7.04. The van der Waals surface area contributed by atoms with E-state index in [2.05, 4.69) is 17.2 Å². The number of aliphatic imine (C=N–C) groups is 1. The fourth-order valence-electron chi connectivity index (χ4n) is 1.67. The molecule has 0 spiro atoms. The van der Waals surface area contributed by atoms with Crippen LogP contribution in [0.15, 0.2) is 23.2 Å². The minimum absolute atomic E-state index is 0. The van der Waals surface area contributed by atoms with Gasteiger partial charge in [0.1, 0.15) is 5.82 Å². The molecule has 0 atom stereocenters. The summed E-state index contributed by atoms with van der Waals surface area (Å²) in [7, 11) is 3.83. The van der Waals surface area contributed by atoms with Crippen molar-refractivity contribution in [1.29, 1.82) is 0 Å². The molecule has 0 fully saturated rings. The highest BCUT2D eigenvalue weighted by Gasteiger charge is 2.04. The Labute approximate surface area is 137 Å². The highest BCUT2D eigenvalue weighted by atomic mass is 127. The summed E-state index contributed by atoms with van der Waals surface area (Å²) < 4.78 is 13.6. The van der Waals surface area contributed by atoms with Crippen molar-refractivity contribution in [1.82, 2.24) is 10.2 Å². The molecule has 3 N–H and O–H groups in total. The molecule has 0 bridgehead atoms. The maximum atomic E-state index is 13.6. The van der Waals surface area contributed by atoms with Gasteiger partial charge >= 0.3 is 0 Å². The van der Waals surface area contributed by atoms with Crippen molar-refractivity contribution in [3.8, 4) is 0 Å². The first-order valence-corrected chi connectivity index (χ1v) is 6.48. The quantitative estimate of drug-likeness (QED) is 0.443.